The van der Waals surface area contributed by atoms with Crippen LogP contribution in [0.1, 0.15) is 271 Å². The van der Waals surface area contributed by atoms with E-state index in [1.807, 2.05) is 27.2 Å². The molecule has 0 aromatic carbocycles. The highest BCUT2D eigenvalue weighted by Gasteiger charge is 2.11. The normalized spacial score (nSPS) is 11.9. The number of aliphatic hydroxyl groups excluding tert-OH is 1. The average Bonchev–Trinajstić information content (AvgIpc) is 3.71. The molecule has 0 aliphatic rings. The van der Waals surface area contributed by atoms with Crippen LogP contribution in [0.4, 0.5) is 5.82 Å². The summed E-state index contributed by atoms with van der Waals surface area (Å²) in [6.07, 6.45) is 50.4. The van der Waals surface area contributed by atoms with Crippen LogP contribution >= 0.6 is 0 Å². The van der Waals surface area contributed by atoms with Gasteiger partial charge in [-0.25, -0.2) is 0 Å². The molecule has 1 atom stereocenters. The number of nitrogens with one attached hydrogen (secondary N) is 2. The molecule has 0 radical (unpaired) electrons. The molecule has 0 aliphatic carbocycles. The Balaban J connectivity index is 0. The number of aliphatic hydroxyl groups is 1. The van der Waals surface area contributed by atoms with Crippen molar-refractivity contribution in [3.05, 3.63) is 23.5 Å². The molecule has 0 spiro atoms. The number of nitrogens with two attached hydrogens (primary N) is 1. The second-order valence-corrected chi connectivity index (χ2v) is 19.0. The second kappa shape index (κ2) is 53.8. The summed E-state index contributed by atoms with van der Waals surface area (Å²) in [4.78, 5) is 13.0. The van der Waals surface area contributed by atoms with Gasteiger partial charge in [-0.1, -0.05) is 195 Å². The number of unbranched alkanes of at least 4 members (excludes halogenated alkanes) is 25. The Bertz CT molecular complexity index is 1140. The first-order valence-electron chi connectivity index (χ1n) is 28.0. The van der Waals surface area contributed by atoms with E-state index in [2.05, 4.69) is 54.7 Å². The molecule has 66 heavy (non-hydrogen) atoms. The van der Waals surface area contributed by atoms with Gasteiger partial charge in [0.25, 0.3) is 0 Å². The Labute approximate surface area is 410 Å². The van der Waals surface area contributed by atoms with Crippen molar-refractivity contribution in [2.75, 3.05) is 52.3 Å². The number of ether oxygens (including phenoxy) is 2. The molecule has 390 valence electrons. The van der Waals surface area contributed by atoms with Gasteiger partial charge in [-0.2, -0.15) is 5.10 Å². The fourth-order valence-electron chi connectivity index (χ4n) is 8.45. The molecule has 1 unspecified atom stereocenters. The Morgan fingerprint density at radius 1 is 0.652 bits per heavy atom. The van der Waals surface area contributed by atoms with Gasteiger partial charge in [0.2, 0.25) is 0 Å². The summed E-state index contributed by atoms with van der Waals surface area (Å²) >= 11 is 0. The lowest BCUT2D eigenvalue weighted by atomic mass is 10.0. The lowest BCUT2D eigenvalue weighted by molar-refractivity contribution is -0.107. The fourth-order valence-corrected chi connectivity index (χ4v) is 8.45. The van der Waals surface area contributed by atoms with E-state index in [0.29, 0.717) is 25.2 Å². The Hall–Kier alpha value is -2.20. The molecule has 0 saturated carbocycles. The third-order valence-electron chi connectivity index (χ3n) is 12.8. The summed E-state index contributed by atoms with van der Waals surface area (Å²) in [6, 6.07) is 0. The maximum absolute atomic E-state index is 10.4. The molecule has 0 amide bonds. The minimum atomic E-state index is 0.313. The van der Waals surface area contributed by atoms with Crippen LogP contribution in [-0.2, 0) is 14.3 Å². The lowest BCUT2D eigenvalue weighted by Gasteiger charge is -2.22. The van der Waals surface area contributed by atoms with Gasteiger partial charge < -0.3 is 35.3 Å². The number of allylic oxidation sites excluding steroid dienone is 1. The summed E-state index contributed by atoms with van der Waals surface area (Å²) < 4.78 is 10.9. The molecule has 0 fully saturated rings. The van der Waals surface area contributed by atoms with Gasteiger partial charge in [0.15, 0.2) is 5.82 Å². The smallest absolute Gasteiger partial charge is 0.155 e. The van der Waals surface area contributed by atoms with Gasteiger partial charge in [-0.3, -0.25) is 5.10 Å². The summed E-state index contributed by atoms with van der Waals surface area (Å²) in [5.41, 5.74) is 8.45. The van der Waals surface area contributed by atoms with Crippen molar-refractivity contribution in [2.24, 2.45) is 5.73 Å². The van der Waals surface area contributed by atoms with Crippen LogP contribution in [0.25, 0.3) is 12.2 Å². The van der Waals surface area contributed by atoms with E-state index >= 15 is 0 Å². The number of anilines is 1. The molecule has 9 heteroatoms. The predicted octanol–water partition coefficient (Wildman–Crippen LogP) is 16.0. The number of aromatic amines is 1. The van der Waals surface area contributed by atoms with Gasteiger partial charge in [0.05, 0.1) is 17.9 Å². The zero-order valence-corrected chi connectivity index (χ0v) is 45.0. The standard InChI is InChI=1S/C27H49N5O2.C18H38O.C12H26O/c1-3-26-25(23-24(2)28)27(31-30-26)29-17-16-20-32(18-12-8-4-6-10-14-21-33)19-13-9-5-7-11-15-22-34;1-4-6-8-10-12-14-16-18(19-3)17-15-13-11-9-7-5-2;1-4-6-7-8-9-10-11-12(5-2)13-3/h3,21,23,34H,1,4-20,22,28H2,2H3,(H2,29,30,31);18H,4-17H2,1-3H3;12H,4-11H2,1-3H3/b24-23+;;. The zero-order chi connectivity index (χ0) is 49.0. The molecule has 0 aliphatic heterocycles. The summed E-state index contributed by atoms with van der Waals surface area (Å²) in [5.74, 6) is 0.824. The van der Waals surface area contributed by atoms with E-state index in [-0.39, 0.29) is 0 Å². The molecular formula is C57H113N5O4. The minimum Gasteiger partial charge on any atom is -0.402 e. The second-order valence-electron chi connectivity index (χ2n) is 19.0. The van der Waals surface area contributed by atoms with E-state index in [1.165, 1.54) is 180 Å². The summed E-state index contributed by atoms with van der Waals surface area (Å²) in [7, 11) is 3.71. The van der Waals surface area contributed by atoms with Crippen molar-refractivity contribution in [3.63, 3.8) is 0 Å². The molecule has 0 saturated heterocycles. The Morgan fingerprint density at radius 3 is 1.50 bits per heavy atom. The van der Waals surface area contributed by atoms with Crippen LogP contribution in [0.3, 0.4) is 0 Å². The van der Waals surface area contributed by atoms with Crippen LogP contribution in [0, 0.1) is 0 Å². The lowest BCUT2D eigenvalue weighted by Crippen LogP contribution is -2.28. The van der Waals surface area contributed by atoms with Crippen molar-refractivity contribution >= 4 is 24.3 Å². The highest BCUT2D eigenvalue weighted by molar-refractivity contribution is 5.72. The number of aromatic nitrogens is 2. The molecule has 1 aromatic heterocycles. The molecular weight excluding hydrogens is 819 g/mol. The van der Waals surface area contributed by atoms with Gasteiger partial charge in [0.1, 0.15) is 6.29 Å². The van der Waals surface area contributed by atoms with Crippen molar-refractivity contribution in [1.82, 2.24) is 15.1 Å². The van der Waals surface area contributed by atoms with E-state index in [1.54, 1.807) is 6.08 Å². The van der Waals surface area contributed by atoms with Gasteiger partial charge in [-0.15, -0.1) is 0 Å². The maximum atomic E-state index is 10.4. The molecule has 5 N–H and O–H groups in total. The number of aldehydes is 1. The van der Waals surface area contributed by atoms with Crippen LogP contribution in [-0.4, -0.2) is 85.7 Å². The predicted molar refractivity (Wildman–Crippen MR) is 290 cm³/mol. The van der Waals surface area contributed by atoms with Crippen LogP contribution in [0.5, 0.6) is 0 Å². The number of hydrogen-bond acceptors (Lipinski definition) is 8. The summed E-state index contributed by atoms with van der Waals surface area (Å²) in [6.45, 7) is 19.3. The topological polar surface area (TPSA) is 126 Å². The van der Waals surface area contributed by atoms with E-state index in [9.17, 15) is 4.79 Å². The van der Waals surface area contributed by atoms with Gasteiger partial charge >= 0.3 is 0 Å². The van der Waals surface area contributed by atoms with Crippen molar-refractivity contribution in [1.29, 1.82) is 0 Å². The first-order valence-corrected chi connectivity index (χ1v) is 28.0. The van der Waals surface area contributed by atoms with Crippen molar-refractivity contribution in [3.8, 4) is 0 Å². The fraction of sp³-hybridized carbons (Fsp3) is 0.860. The van der Waals surface area contributed by atoms with Gasteiger partial charge in [0, 0.05) is 45.1 Å². The van der Waals surface area contributed by atoms with Crippen LogP contribution in [0.2, 0.25) is 0 Å². The number of methoxy groups -OCH3 is 2. The van der Waals surface area contributed by atoms with E-state index in [4.69, 9.17) is 20.3 Å². The van der Waals surface area contributed by atoms with Crippen LogP contribution < -0.4 is 11.1 Å². The van der Waals surface area contributed by atoms with Crippen LogP contribution in [0.15, 0.2) is 12.3 Å². The number of H-pyrrole nitrogens is 1. The monoisotopic (exact) mass is 932 g/mol. The number of nitrogens with zero attached hydrogens (tertiary/aromatic N) is 2. The third kappa shape index (κ3) is 44.3. The first kappa shape index (κ1) is 65.9. The Kier molecular flexibility index (Phi) is 53.7. The number of carbonyl (C=O) groups is 1. The van der Waals surface area contributed by atoms with E-state index < -0.39 is 0 Å². The maximum Gasteiger partial charge on any atom is 0.155 e. The molecule has 1 heterocycles. The number of carbonyl (C=O) groups excluding carboxylic acids is 1. The molecule has 0 bridgehead atoms. The SMILES string of the molecule is C=Cc1[nH]nc(NCCCN(CCCCCCCC=O)CCCCCCCCO)c1/C=C(\C)N.CCCCCCCCC(CC)OC.CCCCCCCCC(CCCCCCCC)OC. The highest BCUT2D eigenvalue weighted by Crippen LogP contribution is 2.21. The third-order valence-corrected chi connectivity index (χ3v) is 12.8. The van der Waals surface area contributed by atoms with Crippen molar-refractivity contribution < 1.29 is 19.4 Å². The zero-order valence-electron chi connectivity index (χ0n) is 45.0. The summed E-state index contributed by atoms with van der Waals surface area (Å²) in [5, 5.41) is 19.7. The van der Waals surface area contributed by atoms with E-state index in [0.717, 1.165) is 93.8 Å². The first-order chi connectivity index (χ1) is 32.3. The molecule has 1 rings (SSSR count). The largest absolute Gasteiger partial charge is 0.402 e. The van der Waals surface area contributed by atoms with Crippen molar-refractivity contribution in [2.45, 2.75) is 272 Å². The minimum absolute atomic E-state index is 0.313. The van der Waals surface area contributed by atoms with Gasteiger partial charge in [-0.05, 0) is 96.5 Å². The number of rotatable bonds is 47. The number of hydrogen-bond donors (Lipinski definition) is 4. The highest BCUT2D eigenvalue weighted by atomic mass is 16.5. The molecule has 1 aromatic rings. The average molecular weight is 933 g/mol. The Morgan fingerprint density at radius 2 is 1.08 bits per heavy atom. The molecule has 9 nitrogen and oxygen atoms in total. The quantitative estimate of drug-likeness (QED) is 0.0376.